The summed E-state index contributed by atoms with van der Waals surface area (Å²) in [7, 11) is -0.982. The number of methoxy groups -OCH3 is 1. The molecule has 174 valence electrons. The third kappa shape index (κ3) is 5.45. The van der Waals surface area contributed by atoms with Crippen LogP contribution < -0.4 is 20.5 Å². The standard InChI is InChI=1S/C20H23N7O4S2/c1-30-13-4-5-14(15-3-2-10-31-15)16(11-13)32-20-26-17-18(21)23-12-24-19(17)27(20)9-8-22-6-7-25-33(28)29/h2-5,10-12,22,33H,6-9H2,1H3,(H2,21,23,24)(H,25,28,29). The van der Waals surface area contributed by atoms with Crippen LogP contribution in [0.3, 0.4) is 0 Å². The van der Waals surface area contributed by atoms with E-state index in [9.17, 15) is 8.42 Å². The van der Waals surface area contributed by atoms with Crippen molar-refractivity contribution in [2.75, 3.05) is 32.5 Å². The van der Waals surface area contributed by atoms with Crippen molar-refractivity contribution in [3.05, 3.63) is 42.9 Å². The molecule has 3 aromatic heterocycles. The molecule has 0 unspecified atom stereocenters. The number of ether oxygens (including phenoxy) is 1. The summed E-state index contributed by atoms with van der Waals surface area (Å²) in [5.74, 6) is 1.74. The third-order valence-electron chi connectivity index (χ3n) is 4.76. The highest BCUT2D eigenvalue weighted by Crippen LogP contribution is 2.39. The largest absolute Gasteiger partial charge is 0.497 e. The first kappa shape index (κ1) is 23.0. The van der Waals surface area contributed by atoms with Crippen molar-refractivity contribution >= 4 is 39.6 Å². The number of nitrogens with zero attached hydrogens (tertiary/aromatic N) is 4. The van der Waals surface area contributed by atoms with Gasteiger partial charge < -0.3 is 24.8 Å². The van der Waals surface area contributed by atoms with Gasteiger partial charge in [-0.1, -0.05) is 11.8 Å². The number of thiol groups is 1. The van der Waals surface area contributed by atoms with E-state index < -0.39 is 10.9 Å². The number of furan rings is 1. The fraction of sp³-hybridized carbons (Fsp3) is 0.250. The first-order valence-corrected chi connectivity index (χ1v) is 12.0. The second-order valence-corrected chi connectivity index (χ2v) is 8.67. The van der Waals surface area contributed by atoms with Gasteiger partial charge in [0.25, 0.3) is 0 Å². The number of benzene rings is 1. The smallest absolute Gasteiger partial charge is 0.201 e. The van der Waals surface area contributed by atoms with Gasteiger partial charge in [0, 0.05) is 36.6 Å². The molecule has 0 amide bonds. The molecule has 0 aliphatic heterocycles. The van der Waals surface area contributed by atoms with Crippen molar-refractivity contribution in [2.24, 2.45) is 0 Å². The van der Waals surface area contributed by atoms with Gasteiger partial charge in [0.15, 0.2) is 22.1 Å². The number of aromatic nitrogens is 4. The summed E-state index contributed by atoms with van der Waals surface area (Å²) >= 11 is 1.44. The molecule has 33 heavy (non-hydrogen) atoms. The summed E-state index contributed by atoms with van der Waals surface area (Å²) in [5.41, 5.74) is 8.10. The molecule has 3 heterocycles. The predicted octanol–water partition coefficient (Wildman–Crippen LogP) is 1.53. The summed E-state index contributed by atoms with van der Waals surface area (Å²) in [6.45, 7) is 1.92. The van der Waals surface area contributed by atoms with Gasteiger partial charge in [-0.25, -0.2) is 28.1 Å². The number of imidazole rings is 1. The molecular formula is C20H23N7O4S2. The SMILES string of the molecule is COc1ccc(-c2ccco2)c(Sc2nc3c(N)ncnc3n2CCNCCN[SH](=O)=O)c1. The molecule has 13 heteroatoms. The van der Waals surface area contributed by atoms with Gasteiger partial charge in [-0.2, -0.15) is 0 Å². The lowest BCUT2D eigenvalue weighted by atomic mass is 10.1. The van der Waals surface area contributed by atoms with Crippen LogP contribution in [0.25, 0.3) is 22.5 Å². The van der Waals surface area contributed by atoms with Crippen molar-refractivity contribution in [3.63, 3.8) is 0 Å². The summed E-state index contributed by atoms with van der Waals surface area (Å²) in [4.78, 5) is 14.0. The van der Waals surface area contributed by atoms with E-state index in [2.05, 4.69) is 20.0 Å². The lowest BCUT2D eigenvalue weighted by Crippen LogP contribution is -2.29. The van der Waals surface area contributed by atoms with Crippen LogP contribution in [0.15, 0.2) is 57.4 Å². The maximum Gasteiger partial charge on any atom is 0.201 e. The van der Waals surface area contributed by atoms with E-state index in [4.69, 9.17) is 19.9 Å². The van der Waals surface area contributed by atoms with Crippen LogP contribution in [0.4, 0.5) is 5.82 Å². The molecule has 4 aromatic rings. The van der Waals surface area contributed by atoms with E-state index in [-0.39, 0.29) is 0 Å². The summed E-state index contributed by atoms with van der Waals surface area (Å²) in [6.07, 6.45) is 3.04. The molecule has 0 aliphatic carbocycles. The predicted molar refractivity (Wildman–Crippen MR) is 126 cm³/mol. The van der Waals surface area contributed by atoms with Crippen molar-refractivity contribution in [1.82, 2.24) is 29.6 Å². The van der Waals surface area contributed by atoms with E-state index >= 15 is 0 Å². The maximum absolute atomic E-state index is 10.6. The Morgan fingerprint density at radius 3 is 2.85 bits per heavy atom. The summed E-state index contributed by atoms with van der Waals surface area (Å²) in [6, 6.07) is 9.48. The third-order valence-corrected chi connectivity index (χ3v) is 6.29. The van der Waals surface area contributed by atoms with Gasteiger partial charge >= 0.3 is 0 Å². The average Bonchev–Trinajstić information content (AvgIpc) is 3.45. The minimum Gasteiger partial charge on any atom is -0.497 e. The monoisotopic (exact) mass is 489 g/mol. The number of anilines is 1. The summed E-state index contributed by atoms with van der Waals surface area (Å²) < 4.78 is 36.6. The normalized spacial score (nSPS) is 11.5. The molecule has 11 nitrogen and oxygen atoms in total. The zero-order chi connectivity index (χ0) is 23.2. The molecule has 1 aromatic carbocycles. The zero-order valence-electron chi connectivity index (χ0n) is 17.7. The first-order chi connectivity index (χ1) is 16.1. The van der Waals surface area contributed by atoms with Crippen molar-refractivity contribution in [3.8, 4) is 17.1 Å². The quantitative estimate of drug-likeness (QED) is 0.180. The fourth-order valence-corrected chi connectivity index (χ4v) is 4.58. The number of nitrogens with one attached hydrogen (secondary N) is 2. The van der Waals surface area contributed by atoms with Gasteiger partial charge in [0.05, 0.1) is 13.4 Å². The minimum atomic E-state index is -2.60. The number of nitrogen functional groups attached to an aromatic ring is 1. The van der Waals surface area contributed by atoms with E-state index in [0.717, 1.165) is 16.2 Å². The van der Waals surface area contributed by atoms with Crippen molar-refractivity contribution < 1.29 is 17.6 Å². The Hall–Kier alpha value is -3.13. The second kappa shape index (κ2) is 10.7. The molecule has 4 rings (SSSR count). The van der Waals surface area contributed by atoms with Crippen LogP contribution in [0.5, 0.6) is 5.75 Å². The number of fused-ring (bicyclic) bond motifs is 1. The molecule has 0 spiro atoms. The van der Waals surface area contributed by atoms with Crippen LogP contribution in [-0.2, 0) is 17.4 Å². The highest BCUT2D eigenvalue weighted by molar-refractivity contribution is 7.99. The Morgan fingerprint density at radius 2 is 2.09 bits per heavy atom. The van der Waals surface area contributed by atoms with Crippen LogP contribution in [-0.4, -0.2) is 54.7 Å². The van der Waals surface area contributed by atoms with E-state index in [1.807, 2.05) is 34.9 Å². The van der Waals surface area contributed by atoms with E-state index in [1.165, 1.54) is 18.1 Å². The molecule has 0 saturated carbocycles. The maximum atomic E-state index is 10.6. The van der Waals surface area contributed by atoms with E-state index in [0.29, 0.717) is 54.1 Å². The van der Waals surface area contributed by atoms with Gasteiger partial charge in [-0.15, -0.1) is 0 Å². The Labute approximate surface area is 195 Å². The van der Waals surface area contributed by atoms with Gasteiger partial charge in [0.1, 0.15) is 17.8 Å². The zero-order valence-corrected chi connectivity index (χ0v) is 19.4. The Morgan fingerprint density at radius 1 is 1.21 bits per heavy atom. The van der Waals surface area contributed by atoms with Crippen LogP contribution >= 0.6 is 11.8 Å². The number of hydrogen-bond donors (Lipinski definition) is 4. The van der Waals surface area contributed by atoms with Crippen LogP contribution in [0.2, 0.25) is 0 Å². The van der Waals surface area contributed by atoms with Crippen LogP contribution in [0, 0.1) is 0 Å². The van der Waals surface area contributed by atoms with E-state index in [1.54, 1.807) is 13.4 Å². The van der Waals surface area contributed by atoms with Gasteiger partial charge in [-0.3, -0.25) is 0 Å². The number of hydrogen-bond acceptors (Lipinski definition) is 10. The molecular weight excluding hydrogens is 466 g/mol. The highest BCUT2D eigenvalue weighted by atomic mass is 32.2. The highest BCUT2D eigenvalue weighted by Gasteiger charge is 2.18. The summed E-state index contributed by atoms with van der Waals surface area (Å²) in [5, 5.41) is 3.89. The fourth-order valence-electron chi connectivity index (χ4n) is 3.21. The minimum absolute atomic E-state index is 0.300. The van der Waals surface area contributed by atoms with Crippen molar-refractivity contribution in [1.29, 1.82) is 0 Å². The number of rotatable bonds is 11. The lowest BCUT2D eigenvalue weighted by Gasteiger charge is -2.12. The average molecular weight is 490 g/mol. The number of nitrogens with two attached hydrogens (primary N) is 1. The van der Waals surface area contributed by atoms with Gasteiger partial charge in [0.2, 0.25) is 10.9 Å². The second-order valence-electron chi connectivity index (χ2n) is 6.83. The van der Waals surface area contributed by atoms with Crippen molar-refractivity contribution in [2.45, 2.75) is 16.6 Å². The van der Waals surface area contributed by atoms with Gasteiger partial charge in [-0.05, 0) is 30.3 Å². The molecule has 0 saturated heterocycles. The Kier molecular flexibility index (Phi) is 7.44. The Bertz CT molecular complexity index is 1300. The molecule has 0 radical (unpaired) electrons. The molecule has 0 aliphatic rings. The molecule has 0 bridgehead atoms. The van der Waals surface area contributed by atoms with Crippen LogP contribution in [0.1, 0.15) is 0 Å². The Balaban J connectivity index is 1.64. The molecule has 0 fully saturated rings. The lowest BCUT2D eigenvalue weighted by molar-refractivity contribution is 0.413. The molecule has 0 atom stereocenters. The topological polar surface area (TPSA) is 150 Å². The first-order valence-electron chi connectivity index (χ1n) is 10.0. The molecule has 4 N–H and O–H groups in total.